The van der Waals surface area contributed by atoms with E-state index in [-0.39, 0.29) is 0 Å². The summed E-state index contributed by atoms with van der Waals surface area (Å²) >= 11 is 0. The fourth-order valence-electron chi connectivity index (χ4n) is 1.64. The van der Waals surface area contributed by atoms with Crippen molar-refractivity contribution in [3.8, 4) is 5.75 Å². The highest BCUT2D eigenvalue weighted by molar-refractivity contribution is 6.00. The van der Waals surface area contributed by atoms with Crippen LogP contribution < -0.4 is 16.2 Å². The number of esters is 1. The number of fused-ring (bicyclic) bond motifs is 1. The number of nitrogen functional groups attached to an aromatic ring is 2. The third-order valence-electron chi connectivity index (χ3n) is 2.59. The van der Waals surface area contributed by atoms with Gasteiger partial charge in [0.25, 0.3) is 0 Å². The number of hydrogen-bond donors (Lipinski definition) is 2. The van der Waals surface area contributed by atoms with Gasteiger partial charge in [-0.2, -0.15) is 0 Å². The average molecular weight is 242 g/mol. The zero-order valence-corrected chi connectivity index (χ0v) is 10.1. The molecule has 0 bridgehead atoms. The van der Waals surface area contributed by atoms with Crippen LogP contribution in [-0.2, 0) is 4.79 Å². The molecule has 2 aromatic carbocycles. The molecule has 0 aliphatic carbocycles. The SMILES string of the molecule is C=C(C)C(=O)Oc1ccc(N)c2ccc(N)cc12. The van der Waals surface area contributed by atoms with Crippen LogP contribution in [-0.4, -0.2) is 5.97 Å². The zero-order chi connectivity index (χ0) is 13.3. The van der Waals surface area contributed by atoms with Gasteiger partial charge in [0.2, 0.25) is 0 Å². The van der Waals surface area contributed by atoms with Gasteiger partial charge < -0.3 is 16.2 Å². The molecule has 0 heterocycles. The molecule has 0 aliphatic rings. The molecule has 0 saturated heterocycles. The topological polar surface area (TPSA) is 78.3 Å². The third kappa shape index (κ3) is 2.13. The van der Waals surface area contributed by atoms with Gasteiger partial charge in [0.15, 0.2) is 0 Å². The maximum atomic E-state index is 11.5. The van der Waals surface area contributed by atoms with Crippen molar-refractivity contribution in [3.63, 3.8) is 0 Å². The lowest BCUT2D eigenvalue weighted by atomic mass is 10.1. The molecule has 2 rings (SSSR count). The van der Waals surface area contributed by atoms with Gasteiger partial charge in [-0.05, 0) is 31.2 Å². The smallest absolute Gasteiger partial charge is 0.338 e. The van der Waals surface area contributed by atoms with Gasteiger partial charge in [-0.25, -0.2) is 4.79 Å². The van der Waals surface area contributed by atoms with Crippen molar-refractivity contribution in [2.24, 2.45) is 0 Å². The largest absolute Gasteiger partial charge is 0.423 e. The number of nitrogens with two attached hydrogens (primary N) is 2. The number of carbonyl (C=O) groups excluding carboxylic acids is 1. The second-order valence-corrected chi connectivity index (χ2v) is 4.13. The molecule has 0 radical (unpaired) electrons. The van der Waals surface area contributed by atoms with Crippen LogP contribution >= 0.6 is 0 Å². The molecular formula is C14H14N2O2. The van der Waals surface area contributed by atoms with Crippen molar-refractivity contribution in [2.75, 3.05) is 11.5 Å². The summed E-state index contributed by atoms with van der Waals surface area (Å²) in [6.07, 6.45) is 0. The molecule has 0 amide bonds. The number of ether oxygens (including phenoxy) is 1. The molecule has 0 aliphatic heterocycles. The summed E-state index contributed by atoms with van der Waals surface area (Å²) < 4.78 is 5.25. The first-order chi connectivity index (χ1) is 8.49. The standard InChI is InChI=1S/C14H14N2O2/c1-8(2)14(17)18-13-6-5-12(16)10-4-3-9(15)7-11(10)13/h3-7H,1,15-16H2,2H3. The highest BCUT2D eigenvalue weighted by Gasteiger charge is 2.10. The van der Waals surface area contributed by atoms with E-state index in [0.29, 0.717) is 28.1 Å². The molecular weight excluding hydrogens is 228 g/mol. The quantitative estimate of drug-likeness (QED) is 0.367. The Balaban J connectivity index is 2.57. The van der Waals surface area contributed by atoms with E-state index in [1.54, 1.807) is 37.3 Å². The summed E-state index contributed by atoms with van der Waals surface area (Å²) in [5.74, 6) is -0.0389. The minimum atomic E-state index is -0.469. The fraction of sp³-hybridized carbons (Fsp3) is 0.0714. The first-order valence-electron chi connectivity index (χ1n) is 5.44. The van der Waals surface area contributed by atoms with Crippen molar-refractivity contribution in [1.29, 1.82) is 0 Å². The number of carbonyl (C=O) groups is 1. The Kier molecular flexibility index (Phi) is 2.93. The van der Waals surface area contributed by atoms with E-state index in [2.05, 4.69) is 6.58 Å². The predicted octanol–water partition coefficient (Wildman–Crippen LogP) is 2.49. The fourth-order valence-corrected chi connectivity index (χ4v) is 1.64. The van der Waals surface area contributed by atoms with E-state index in [0.717, 1.165) is 5.39 Å². The summed E-state index contributed by atoms with van der Waals surface area (Å²) in [6, 6.07) is 8.63. The Hall–Kier alpha value is -2.49. The first-order valence-corrected chi connectivity index (χ1v) is 5.44. The summed E-state index contributed by atoms with van der Waals surface area (Å²) in [5, 5.41) is 1.51. The second kappa shape index (κ2) is 4.41. The molecule has 18 heavy (non-hydrogen) atoms. The van der Waals surface area contributed by atoms with Crippen LogP contribution in [0, 0.1) is 0 Å². The number of rotatable bonds is 2. The molecule has 92 valence electrons. The van der Waals surface area contributed by atoms with Crippen LogP contribution in [0.25, 0.3) is 10.8 Å². The lowest BCUT2D eigenvalue weighted by Crippen LogP contribution is -2.08. The van der Waals surface area contributed by atoms with Crippen LogP contribution in [0.2, 0.25) is 0 Å². The van der Waals surface area contributed by atoms with Crippen molar-refractivity contribution in [1.82, 2.24) is 0 Å². The summed E-state index contributed by atoms with van der Waals surface area (Å²) in [6.45, 7) is 5.14. The van der Waals surface area contributed by atoms with Gasteiger partial charge in [0.1, 0.15) is 5.75 Å². The Morgan fingerprint density at radius 2 is 1.89 bits per heavy atom. The second-order valence-electron chi connectivity index (χ2n) is 4.13. The van der Waals surface area contributed by atoms with Crippen molar-refractivity contribution in [2.45, 2.75) is 6.92 Å². The molecule has 0 aromatic heterocycles. The minimum absolute atomic E-state index is 0.337. The first kappa shape index (κ1) is 12.0. The molecule has 4 nitrogen and oxygen atoms in total. The molecule has 0 saturated carbocycles. The third-order valence-corrected chi connectivity index (χ3v) is 2.59. The minimum Gasteiger partial charge on any atom is -0.423 e. The predicted molar refractivity (Wildman–Crippen MR) is 73.2 cm³/mol. The Bertz CT molecular complexity index is 648. The number of anilines is 2. The molecule has 0 fully saturated rings. The maximum Gasteiger partial charge on any atom is 0.338 e. The molecule has 0 atom stereocenters. The molecule has 4 heteroatoms. The van der Waals surface area contributed by atoms with Crippen LogP contribution in [0.5, 0.6) is 5.75 Å². The lowest BCUT2D eigenvalue weighted by Gasteiger charge is -2.10. The summed E-state index contributed by atoms with van der Waals surface area (Å²) in [7, 11) is 0. The monoisotopic (exact) mass is 242 g/mol. The lowest BCUT2D eigenvalue weighted by molar-refractivity contribution is -0.129. The molecule has 0 unspecified atom stereocenters. The highest BCUT2D eigenvalue weighted by atomic mass is 16.5. The zero-order valence-electron chi connectivity index (χ0n) is 10.1. The molecule has 0 spiro atoms. The van der Waals surface area contributed by atoms with Crippen LogP contribution in [0.3, 0.4) is 0 Å². The van der Waals surface area contributed by atoms with Gasteiger partial charge in [0, 0.05) is 27.7 Å². The van der Waals surface area contributed by atoms with E-state index in [1.165, 1.54) is 0 Å². The van der Waals surface area contributed by atoms with Crippen LogP contribution in [0.4, 0.5) is 11.4 Å². The maximum absolute atomic E-state index is 11.5. The van der Waals surface area contributed by atoms with Gasteiger partial charge in [-0.3, -0.25) is 0 Å². The van der Waals surface area contributed by atoms with Gasteiger partial charge in [-0.15, -0.1) is 0 Å². The van der Waals surface area contributed by atoms with E-state index < -0.39 is 5.97 Å². The molecule has 2 aromatic rings. The summed E-state index contributed by atoms with van der Waals surface area (Å²) in [5.41, 5.74) is 13.1. The van der Waals surface area contributed by atoms with E-state index in [9.17, 15) is 4.79 Å². The Morgan fingerprint density at radius 3 is 2.56 bits per heavy atom. The van der Waals surface area contributed by atoms with Gasteiger partial charge in [-0.1, -0.05) is 12.6 Å². The van der Waals surface area contributed by atoms with Crippen molar-refractivity contribution >= 4 is 28.1 Å². The number of hydrogen-bond acceptors (Lipinski definition) is 4. The van der Waals surface area contributed by atoms with Gasteiger partial charge in [0.05, 0.1) is 0 Å². The van der Waals surface area contributed by atoms with Crippen molar-refractivity contribution in [3.05, 3.63) is 42.5 Å². The summed E-state index contributed by atoms with van der Waals surface area (Å²) in [4.78, 5) is 11.5. The normalized spacial score (nSPS) is 10.3. The molecule has 4 N–H and O–H groups in total. The van der Waals surface area contributed by atoms with Gasteiger partial charge >= 0.3 is 5.97 Å². The van der Waals surface area contributed by atoms with Crippen LogP contribution in [0.1, 0.15) is 6.92 Å². The number of benzene rings is 2. The van der Waals surface area contributed by atoms with Crippen molar-refractivity contribution < 1.29 is 9.53 Å². The van der Waals surface area contributed by atoms with E-state index in [4.69, 9.17) is 16.2 Å². The Labute approximate surface area is 105 Å². The van der Waals surface area contributed by atoms with Crippen LogP contribution in [0.15, 0.2) is 42.5 Å². The Morgan fingerprint density at radius 1 is 1.17 bits per heavy atom. The van der Waals surface area contributed by atoms with E-state index >= 15 is 0 Å². The highest BCUT2D eigenvalue weighted by Crippen LogP contribution is 2.31. The van der Waals surface area contributed by atoms with E-state index in [1.807, 2.05) is 0 Å². The average Bonchev–Trinajstić information content (AvgIpc) is 2.32.